The predicted molar refractivity (Wildman–Crippen MR) is 93.3 cm³/mol. The van der Waals surface area contributed by atoms with Gasteiger partial charge in [-0.25, -0.2) is 0 Å². The highest BCUT2D eigenvalue weighted by molar-refractivity contribution is 5.75. The average molecular weight is 296 g/mol. The van der Waals surface area contributed by atoms with Gasteiger partial charge in [0.15, 0.2) is 0 Å². The third kappa shape index (κ3) is 19.2. The molecule has 0 radical (unpaired) electrons. The lowest BCUT2D eigenvalue weighted by Crippen LogP contribution is -2.07. The molecule has 0 spiro atoms. The summed E-state index contributed by atoms with van der Waals surface area (Å²) in [7, 11) is 0. The highest BCUT2D eigenvalue weighted by Gasteiger charge is 1.93. The van der Waals surface area contributed by atoms with E-state index < -0.39 is 0 Å². The topological polar surface area (TPSA) is 43.1 Å². The van der Waals surface area contributed by atoms with E-state index in [4.69, 9.17) is 5.73 Å². The minimum absolute atomic E-state index is 0.239. The van der Waals surface area contributed by atoms with E-state index in [1.165, 1.54) is 83.5 Å². The Balaban J connectivity index is 3.02. The molecule has 0 aliphatic heterocycles. The van der Waals surface area contributed by atoms with Gasteiger partial charge in [0.2, 0.25) is 5.91 Å². The van der Waals surface area contributed by atoms with Gasteiger partial charge in [0.05, 0.1) is 0 Å². The van der Waals surface area contributed by atoms with Gasteiger partial charge in [-0.3, -0.25) is 4.79 Å². The normalized spacial score (nSPS) is 11.3. The van der Waals surface area contributed by atoms with E-state index in [1.807, 2.05) is 6.08 Å². The van der Waals surface area contributed by atoms with Crippen LogP contribution in [0.3, 0.4) is 0 Å². The molecule has 124 valence electrons. The summed E-state index contributed by atoms with van der Waals surface area (Å²) in [6, 6.07) is 0. The van der Waals surface area contributed by atoms with Crippen LogP contribution in [0.5, 0.6) is 0 Å². The summed E-state index contributed by atoms with van der Waals surface area (Å²) >= 11 is 0. The summed E-state index contributed by atoms with van der Waals surface area (Å²) in [6.07, 6.45) is 23.5. The Bertz CT molecular complexity index is 248. The lowest BCUT2D eigenvalue weighted by atomic mass is 10.0. The van der Waals surface area contributed by atoms with Gasteiger partial charge in [-0.2, -0.15) is 0 Å². The molecule has 0 aliphatic rings. The highest BCUT2D eigenvalue weighted by Crippen LogP contribution is 2.12. The van der Waals surface area contributed by atoms with Crippen LogP contribution < -0.4 is 5.73 Å². The molecular weight excluding hydrogens is 258 g/mol. The molecule has 0 unspecified atom stereocenters. The minimum Gasteiger partial charge on any atom is -0.369 e. The molecule has 1 amide bonds. The van der Waals surface area contributed by atoms with Crippen molar-refractivity contribution in [3.63, 3.8) is 0 Å². The fourth-order valence-corrected chi connectivity index (χ4v) is 2.60. The van der Waals surface area contributed by atoms with Crippen molar-refractivity contribution in [3.8, 4) is 0 Å². The molecule has 0 aromatic carbocycles. The first-order valence-electron chi connectivity index (χ1n) is 9.20. The third-order valence-electron chi connectivity index (χ3n) is 3.96. The van der Waals surface area contributed by atoms with Crippen LogP contribution in [0.15, 0.2) is 12.2 Å². The van der Waals surface area contributed by atoms with E-state index in [0.717, 1.165) is 6.42 Å². The van der Waals surface area contributed by atoms with E-state index in [2.05, 4.69) is 13.0 Å². The number of hydrogen-bond donors (Lipinski definition) is 1. The SMILES string of the molecule is CCCCCCCCCCCCCCCC=CCC(N)=O. The number of hydrogen-bond acceptors (Lipinski definition) is 1. The summed E-state index contributed by atoms with van der Waals surface area (Å²) in [6.45, 7) is 2.28. The van der Waals surface area contributed by atoms with E-state index in [1.54, 1.807) is 0 Å². The fourth-order valence-electron chi connectivity index (χ4n) is 2.60. The summed E-state index contributed by atoms with van der Waals surface area (Å²) < 4.78 is 0. The highest BCUT2D eigenvalue weighted by atomic mass is 16.1. The molecule has 0 aromatic heterocycles. The van der Waals surface area contributed by atoms with Gasteiger partial charge in [-0.1, -0.05) is 96.1 Å². The van der Waals surface area contributed by atoms with Crippen molar-refractivity contribution in [2.75, 3.05) is 0 Å². The molecule has 21 heavy (non-hydrogen) atoms. The summed E-state index contributed by atoms with van der Waals surface area (Å²) in [5, 5.41) is 0. The first kappa shape index (κ1) is 20.2. The number of primary amides is 1. The standard InChI is InChI=1S/C19H37NO/c1-2-3-4-5-6-7-8-9-10-11-12-13-14-15-16-17-18-19(20)21/h16-17H,2-15,18H2,1H3,(H2,20,21). The maximum Gasteiger partial charge on any atom is 0.221 e. The van der Waals surface area contributed by atoms with Gasteiger partial charge in [0.1, 0.15) is 0 Å². The van der Waals surface area contributed by atoms with E-state index >= 15 is 0 Å². The smallest absolute Gasteiger partial charge is 0.221 e. The molecule has 0 fully saturated rings. The molecule has 0 bridgehead atoms. The van der Waals surface area contributed by atoms with Crippen molar-refractivity contribution in [2.24, 2.45) is 5.73 Å². The van der Waals surface area contributed by atoms with Gasteiger partial charge in [0.25, 0.3) is 0 Å². The Kier molecular flexibility index (Phi) is 16.6. The number of rotatable bonds is 16. The Labute approximate surface area is 132 Å². The van der Waals surface area contributed by atoms with Gasteiger partial charge < -0.3 is 5.73 Å². The largest absolute Gasteiger partial charge is 0.369 e. The maximum atomic E-state index is 10.5. The van der Waals surface area contributed by atoms with E-state index in [9.17, 15) is 4.79 Å². The minimum atomic E-state index is -0.239. The number of carbonyl (C=O) groups is 1. The number of amides is 1. The molecule has 0 atom stereocenters. The van der Waals surface area contributed by atoms with E-state index in [0.29, 0.717) is 6.42 Å². The molecule has 0 aromatic rings. The lowest BCUT2D eigenvalue weighted by molar-refractivity contribution is -0.117. The summed E-state index contributed by atoms with van der Waals surface area (Å²) in [5.74, 6) is -0.239. The zero-order valence-corrected chi connectivity index (χ0v) is 14.2. The van der Waals surface area contributed by atoms with Crippen molar-refractivity contribution >= 4 is 5.91 Å². The third-order valence-corrected chi connectivity index (χ3v) is 3.96. The monoisotopic (exact) mass is 295 g/mol. The average Bonchev–Trinajstić information content (AvgIpc) is 2.46. The van der Waals surface area contributed by atoms with Crippen LogP contribution in [0.1, 0.15) is 103 Å². The molecule has 2 heteroatoms. The Morgan fingerprint density at radius 3 is 1.57 bits per heavy atom. The van der Waals surface area contributed by atoms with Crippen LogP contribution in [0.2, 0.25) is 0 Å². The van der Waals surface area contributed by atoms with E-state index in [-0.39, 0.29) is 5.91 Å². The summed E-state index contributed by atoms with van der Waals surface area (Å²) in [5.41, 5.74) is 5.06. The fraction of sp³-hybridized carbons (Fsp3) is 0.842. The number of unbranched alkanes of at least 4 members (excludes halogenated alkanes) is 13. The molecular formula is C19H37NO. The molecule has 0 rings (SSSR count). The van der Waals surface area contributed by atoms with Crippen molar-refractivity contribution < 1.29 is 4.79 Å². The Morgan fingerprint density at radius 1 is 0.714 bits per heavy atom. The molecule has 2 N–H and O–H groups in total. The quantitative estimate of drug-likeness (QED) is 0.279. The number of nitrogens with two attached hydrogens (primary N) is 1. The lowest BCUT2D eigenvalue weighted by Gasteiger charge is -2.02. The Morgan fingerprint density at radius 2 is 1.14 bits per heavy atom. The number of allylic oxidation sites excluding steroid dienone is 1. The van der Waals surface area contributed by atoms with Crippen LogP contribution in [0.25, 0.3) is 0 Å². The van der Waals surface area contributed by atoms with Crippen molar-refractivity contribution in [2.45, 2.75) is 103 Å². The van der Waals surface area contributed by atoms with Gasteiger partial charge >= 0.3 is 0 Å². The second kappa shape index (κ2) is 17.3. The van der Waals surface area contributed by atoms with Crippen LogP contribution in [0, 0.1) is 0 Å². The zero-order valence-electron chi connectivity index (χ0n) is 14.2. The molecule has 0 saturated heterocycles. The van der Waals surface area contributed by atoms with Crippen LogP contribution >= 0.6 is 0 Å². The predicted octanol–water partition coefficient (Wildman–Crippen LogP) is 5.90. The summed E-state index contributed by atoms with van der Waals surface area (Å²) in [4.78, 5) is 10.5. The molecule has 0 saturated carbocycles. The number of carbonyl (C=O) groups excluding carboxylic acids is 1. The van der Waals surface area contributed by atoms with Crippen LogP contribution in [0.4, 0.5) is 0 Å². The van der Waals surface area contributed by atoms with Crippen LogP contribution in [-0.4, -0.2) is 5.91 Å². The van der Waals surface area contributed by atoms with Crippen molar-refractivity contribution in [1.82, 2.24) is 0 Å². The molecule has 0 heterocycles. The maximum absolute atomic E-state index is 10.5. The van der Waals surface area contributed by atoms with Crippen molar-refractivity contribution in [1.29, 1.82) is 0 Å². The second-order valence-corrected chi connectivity index (χ2v) is 6.17. The molecule has 2 nitrogen and oxygen atoms in total. The Hall–Kier alpha value is -0.790. The zero-order chi connectivity index (χ0) is 15.6. The molecule has 0 aliphatic carbocycles. The van der Waals surface area contributed by atoms with Crippen LogP contribution in [-0.2, 0) is 4.79 Å². The second-order valence-electron chi connectivity index (χ2n) is 6.17. The van der Waals surface area contributed by atoms with Gasteiger partial charge in [0, 0.05) is 6.42 Å². The van der Waals surface area contributed by atoms with Gasteiger partial charge in [-0.05, 0) is 12.8 Å². The van der Waals surface area contributed by atoms with Gasteiger partial charge in [-0.15, -0.1) is 0 Å². The first-order chi connectivity index (χ1) is 10.3. The van der Waals surface area contributed by atoms with Crippen molar-refractivity contribution in [3.05, 3.63) is 12.2 Å². The first-order valence-corrected chi connectivity index (χ1v) is 9.20.